The Morgan fingerprint density at radius 3 is 2.21 bits per heavy atom. The van der Waals surface area contributed by atoms with Crippen LogP contribution in [0.25, 0.3) is 32.7 Å². The SMILES string of the molecule is COc1ccc2cccc(-c3c(OC)ccc4ccccc34)c2c1. The lowest BCUT2D eigenvalue weighted by atomic mass is 9.93. The zero-order valence-corrected chi connectivity index (χ0v) is 13.7. The van der Waals surface area contributed by atoms with E-state index >= 15 is 0 Å². The molecule has 4 rings (SSSR count). The number of rotatable bonds is 3. The predicted octanol–water partition coefficient (Wildman–Crippen LogP) is 5.68. The normalized spacial score (nSPS) is 10.9. The Morgan fingerprint density at radius 1 is 0.625 bits per heavy atom. The number of fused-ring (bicyclic) bond motifs is 2. The summed E-state index contributed by atoms with van der Waals surface area (Å²) < 4.78 is 11.1. The van der Waals surface area contributed by atoms with Gasteiger partial charge >= 0.3 is 0 Å². The van der Waals surface area contributed by atoms with Gasteiger partial charge in [-0.15, -0.1) is 0 Å². The second-order valence-corrected chi connectivity index (χ2v) is 5.76. The molecule has 0 atom stereocenters. The molecule has 0 radical (unpaired) electrons. The van der Waals surface area contributed by atoms with E-state index < -0.39 is 0 Å². The maximum absolute atomic E-state index is 5.68. The molecule has 0 aliphatic rings. The van der Waals surface area contributed by atoms with Crippen LogP contribution in [0.5, 0.6) is 11.5 Å². The second-order valence-electron chi connectivity index (χ2n) is 5.76. The zero-order valence-electron chi connectivity index (χ0n) is 13.7. The summed E-state index contributed by atoms with van der Waals surface area (Å²) in [5.74, 6) is 1.73. The van der Waals surface area contributed by atoms with Crippen LogP contribution < -0.4 is 9.47 Å². The van der Waals surface area contributed by atoms with Crippen LogP contribution in [0.1, 0.15) is 0 Å². The highest BCUT2D eigenvalue weighted by molar-refractivity contribution is 6.07. The molecule has 0 saturated heterocycles. The van der Waals surface area contributed by atoms with E-state index in [-0.39, 0.29) is 0 Å². The molecule has 0 aliphatic carbocycles. The van der Waals surface area contributed by atoms with Crippen LogP contribution in [0, 0.1) is 0 Å². The maximum atomic E-state index is 5.68. The van der Waals surface area contributed by atoms with E-state index in [1.807, 2.05) is 12.1 Å². The van der Waals surface area contributed by atoms with Gasteiger partial charge in [-0.05, 0) is 45.3 Å². The molecular formula is C22H18O2. The van der Waals surface area contributed by atoms with Crippen LogP contribution in [0.4, 0.5) is 0 Å². The molecule has 0 amide bonds. The van der Waals surface area contributed by atoms with Gasteiger partial charge in [-0.2, -0.15) is 0 Å². The van der Waals surface area contributed by atoms with Gasteiger partial charge in [-0.3, -0.25) is 0 Å². The fraction of sp³-hybridized carbons (Fsp3) is 0.0909. The molecule has 4 aromatic carbocycles. The molecule has 4 aromatic rings. The Balaban J connectivity index is 2.13. The molecule has 24 heavy (non-hydrogen) atoms. The predicted molar refractivity (Wildman–Crippen MR) is 100.0 cm³/mol. The molecule has 0 bridgehead atoms. The average Bonchev–Trinajstić information content (AvgIpc) is 2.66. The molecule has 2 nitrogen and oxygen atoms in total. The van der Waals surface area contributed by atoms with Crippen molar-refractivity contribution in [2.24, 2.45) is 0 Å². The quantitative estimate of drug-likeness (QED) is 0.484. The Labute approximate surface area is 141 Å². The Kier molecular flexibility index (Phi) is 3.58. The van der Waals surface area contributed by atoms with Gasteiger partial charge in [0, 0.05) is 5.56 Å². The van der Waals surface area contributed by atoms with E-state index in [1.54, 1.807) is 14.2 Å². The van der Waals surface area contributed by atoms with Crippen molar-refractivity contribution in [2.45, 2.75) is 0 Å². The molecule has 0 aromatic heterocycles. The van der Waals surface area contributed by atoms with E-state index in [9.17, 15) is 0 Å². The van der Waals surface area contributed by atoms with Gasteiger partial charge in [-0.25, -0.2) is 0 Å². The first-order chi connectivity index (χ1) is 11.8. The van der Waals surface area contributed by atoms with Crippen molar-refractivity contribution in [3.63, 3.8) is 0 Å². The van der Waals surface area contributed by atoms with Gasteiger partial charge in [0.2, 0.25) is 0 Å². The summed E-state index contributed by atoms with van der Waals surface area (Å²) in [4.78, 5) is 0. The van der Waals surface area contributed by atoms with Gasteiger partial charge in [-0.1, -0.05) is 54.6 Å². The van der Waals surface area contributed by atoms with E-state index in [1.165, 1.54) is 16.2 Å². The molecule has 0 fully saturated rings. The first kappa shape index (κ1) is 14.6. The third-order valence-electron chi connectivity index (χ3n) is 4.47. The Hall–Kier alpha value is -3.00. The minimum atomic E-state index is 0.856. The summed E-state index contributed by atoms with van der Waals surface area (Å²) in [5, 5.41) is 4.73. The van der Waals surface area contributed by atoms with Crippen LogP contribution in [-0.4, -0.2) is 14.2 Å². The lowest BCUT2D eigenvalue weighted by Crippen LogP contribution is -1.91. The summed E-state index contributed by atoms with van der Waals surface area (Å²) in [6, 6.07) is 25.1. The van der Waals surface area contributed by atoms with Gasteiger partial charge in [0.25, 0.3) is 0 Å². The lowest BCUT2D eigenvalue weighted by Gasteiger charge is -2.15. The lowest BCUT2D eigenvalue weighted by molar-refractivity contribution is 0.415. The van der Waals surface area contributed by atoms with Gasteiger partial charge < -0.3 is 9.47 Å². The summed E-state index contributed by atoms with van der Waals surface area (Å²) in [7, 11) is 3.42. The number of benzene rings is 4. The maximum Gasteiger partial charge on any atom is 0.127 e. The van der Waals surface area contributed by atoms with Crippen LogP contribution in [0.3, 0.4) is 0 Å². The molecule has 0 N–H and O–H groups in total. The first-order valence-corrected chi connectivity index (χ1v) is 7.94. The Bertz CT molecular complexity index is 1030. The van der Waals surface area contributed by atoms with Crippen molar-refractivity contribution in [2.75, 3.05) is 14.2 Å². The standard InChI is InChI=1S/C22H18O2/c1-23-17-12-10-16-7-5-9-19(20(16)14-17)22-18-8-4-3-6-15(18)11-13-21(22)24-2/h3-14H,1-2H3. The van der Waals surface area contributed by atoms with E-state index in [0.29, 0.717) is 0 Å². The zero-order chi connectivity index (χ0) is 16.5. The molecule has 2 heteroatoms. The first-order valence-electron chi connectivity index (χ1n) is 7.94. The van der Waals surface area contributed by atoms with Gasteiger partial charge in [0.15, 0.2) is 0 Å². The fourth-order valence-corrected chi connectivity index (χ4v) is 3.30. The van der Waals surface area contributed by atoms with E-state index in [4.69, 9.17) is 9.47 Å². The highest BCUT2D eigenvalue weighted by Crippen LogP contribution is 2.41. The van der Waals surface area contributed by atoms with Gasteiger partial charge in [0.1, 0.15) is 11.5 Å². The van der Waals surface area contributed by atoms with Crippen LogP contribution in [-0.2, 0) is 0 Å². The smallest absolute Gasteiger partial charge is 0.127 e. The molecule has 0 spiro atoms. The van der Waals surface area contributed by atoms with Crippen molar-refractivity contribution < 1.29 is 9.47 Å². The summed E-state index contributed by atoms with van der Waals surface area (Å²) in [5.41, 5.74) is 2.27. The monoisotopic (exact) mass is 314 g/mol. The molecule has 0 unspecified atom stereocenters. The highest BCUT2D eigenvalue weighted by Gasteiger charge is 2.13. The minimum absolute atomic E-state index is 0.856. The second kappa shape index (κ2) is 5.89. The molecule has 0 saturated carbocycles. The molecule has 0 aliphatic heterocycles. The van der Waals surface area contributed by atoms with Crippen molar-refractivity contribution in [1.29, 1.82) is 0 Å². The third-order valence-corrected chi connectivity index (χ3v) is 4.47. The van der Waals surface area contributed by atoms with Crippen LogP contribution in [0.15, 0.2) is 72.8 Å². The van der Waals surface area contributed by atoms with E-state index in [2.05, 4.69) is 60.7 Å². The van der Waals surface area contributed by atoms with E-state index in [0.717, 1.165) is 28.0 Å². The number of hydrogen-bond donors (Lipinski definition) is 0. The van der Waals surface area contributed by atoms with Gasteiger partial charge in [0.05, 0.1) is 14.2 Å². The van der Waals surface area contributed by atoms with Crippen molar-refractivity contribution in [3.8, 4) is 22.6 Å². The molecule has 118 valence electrons. The van der Waals surface area contributed by atoms with Crippen LogP contribution >= 0.6 is 0 Å². The summed E-state index contributed by atoms with van der Waals surface area (Å²) >= 11 is 0. The topological polar surface area (TPSA) is 18.5 Å². The number of ether oxygens (including phenoxy) is 2. The average molecular weight is 314 g/mol. The molecular weight excluding hydrogens is 296 g/mol. The Morgan fingerprint density at radius 2 is 1.38 bits per heavy atom. The summed E-state index contributed by atoms with van der Waals surface area (Å²) in [6.45, 7) is 0. The number of methoxy groups -OCH3 is 2. The van der Waals surface area contributed by atoms with Crippen LogP contribution in [0.2, 0.25) is 0 Å². The van der Waals surface area contributed by atoms with Crippen molar-refractivity contribution in [1.82, 2.24) is 0 Å². The van der Waals surface area contributed by atoms with Crippen molar-refractivity contribution >= 4 is 21.5 Å². The fourth-order valence-electron chi connectivity index (χ4n) is 3.30. The highest BCUT2D eigenvalue weighted by atomic mass is 16.5. The third kappa shape index (κ3) is 2.28. The largest absolute Gasteiger partial charge is 0.497 e. The molecule has 0 heterocycles. The summed E-state index contributed by atoms with van der Waals surface area (Å²) in [6.07, 6.45) is 0. The minimum Gasteiger partial charge on any atom is -0.497 e. The number of hydrogen-bond acceptors (Lipinski definition) is 2. The van der Waals surface area contributed by atoms with Crippen molar-refractivity contribution in [3.05, 3.63) is 72.8 Å².